The highest BCUT2D eigenvalue weighted by atomic mass is 19.2. The van der Waals surface area contributed by atoms with Crippen LogP contribution in [0.2, 0.25) is 0 Å². The predicted octanol–water partition coefficient (Wildman–Crippen LogP) is 2.58. The van der Waals surface area contributed by atoms with Crippen molar-refractivity contribution in [1.29, 1.82) is 0 Å². The molecule has 3 rings (SSSR count). The Hall–Kier alpha value is -1.98. The molecule has 2 saturated heterocycles. The molecule has 0 aromatic heterocycles. The number of carbonyl (C=O) groups excluding carboxylic acids is 2. The number of hydrogen-bond acceptors (Lipinski definition) is 2. The van der Waals surface area contributed by atoms with Gasteiger partial charge >= 0.3 is 0 Å². The molecule has 0 bridgehead atoms. The molecule has 4 nitrogen and oxygen atoms in total. The van der Waals surface area contributed by atoms with Gasteiger partial charge in [-0.3, -0.25) is 9.59 Å². The number of carbonyl (C=O) groups is 2. The van der Waals surface area contributed by atoms with Crippen molar-refractivity contribution in [3.05, 3.63) is 29.8 Å². The van der Waals surface area contributed by atoms with E-state index in [1.807, 2.05) is 4.90 Å². The molecule has 2 heterocycles. The first-order chi connectivity index (χ1) is 11.0. The molecule has 2 unspecified atom stereocenters. The fourth-order valence-corrected chi connectivity index (χ4v) is 3.42. The zero-order valence-corrected chi connectivity index (χ0v) is 13.1. The molecule has 6 heteroatoms. The number of nitrogens with zero attached hydrogens (tertiary/aromatic N) is 2. The first-order valence-corrected chi connectivity index (χ1v) is 8.00. The number of hydrogen-bond donors (Lipinski definition) is 0. The van der Waals surface area contributed by atoms with E-state index in [9.17, 15) is 18.4 Å². The van der Waals surface area contributed by atoms with Gasteiger partial charge in [-0.25, -0.2) is 8.78 Å². The molecular formula is C17H20F2N2O2. The van der Waals surface area contributed by atoms with Gasteiger partial charge in [0.25, 0.3) is 0 Å². The van der Waals surface area contributed by atoms with Gasteiger partial charge in [0.15, 0.2) is 11.6 Å². The quantitative estimate of drug-likeness (QED) is 0.840. The van der Waals surface area contributed by atoms with E-state index in [-0.39, 0.29) is 24.8 Å². The van der Waals surface area contributed by atoms with Crippen molar-refractivity contribution in [3.63, 3.8) is 0 Å². The molecule has 0 N–H and O–H groups in total. The Bertz CT molecular complexity index is 635. The van der Waals surface area contributed by atoms with Crippen molar-refractivity contribution >= 4 is 17.5 Å². The van der Waals surface area contributed by atoms with E-state index >= 15 is 0 Å². The zero-order valence-electron chi connectivity index (χ0n) is 13.1. The minimum atomic E-state index is -0.991. The molecule has 2 amide bonds. The lowest BCUT2D eigenvalue weighted by molar-refractivity contribution is -0.137. The smallest absolute Gasteiger partial charge is 0.228 e. The Morgan fingerprint density at radius 1 is 1.22 bits per heavy atom. The van der Waals surface area contributed by atoms with E-state index in [0.29, 0.717) is 11.6 Å². The third-order valence-corrected chi connectivity index (χ3v) is 4.66. The van der Waals surface area contributed by atoms with Gasteiger partial charge in [-0.1, -0.05) is 6.92 Å². The molecule has 2 aliphatic heterocycles. The van der Waals surface area contributed by atoms with Crippen LogP contribution in [-0.4, -0.2) is 36.3 Å². The normalized spacial score (nSPS) is 25.1. The Morgan fingerprint density at radius 2 is 2.00 bits per heavy atom. The van der Waals surface area contributed by atoms with E-state index in [0.717, 1.165) is 38.1 Å². The molecule has 23 heavy (non-hydrogen) atoms. The second-order valence-electron chi connectivity index (χ2n) is 6.54. The minimum absolute atomic E-state index is 0.00464. The molecule has 2 fully saturated rings. The summed E-state index contributed by atoms with van der Waals surface area (Å²) >= 11 is 0. The fraction of sp³-hybridized carbons (Fsp3) is 0.529. The lowest BCUT2D eigenvalue weighted by Crippen LogP contribution is -2.43. The highest BCUT2D eigenvalue weighted by Gasteiger charge is 2.38. The summed E-state index contributed by atoms with van der Waals surface area (Å²) in [5, 5.41) is 0. The number of benzene rings is 1. The zero-order chi connectivity index (χ0) is 16.6. The van der Waals surface area contributed by atoms with E-state index in [1.54, 1.807) is 0 Å². The van der Waals surface area contributed by atoms with Crippen LogP contribution in [0.5, 0.6) is 0 Å². The van der Waals surface area contributed by atoms with Gasteiger partial charge in [0.1, 0.15) is 0 Å². The average molecular weight is 322 g/mol. The Kier molecular flexibility index (Phi) is 4.33. The lowest BCUT2D eigenvalue weighted by Gasteiger charge is -2.32. The average Bonchev–Trinajstić information content (AvgIpc) is 2.91. The van der Waals surface area contributed by atoms with Crippen LogP contribution in [0.25, 0.3) is 0 Å². The van der Waals surface area contributed by atoms with Crippen LogP contribution in [0, 0.1) is 23.5 Å². The van der Waals surface area contributed by atoms with Gasteiger partial charge in [0, 0.05) is 37.8 Å². The summed E-state index contributed by atoms with van der Waals surface area (Å²) in [6.45, 7) is 3.81. The number of rotatable bonds is 2. The number of amides is 2. The highest BCUT2D eigenvalue weighted by molar-refractivity contribution is 6.00. The molecule has 2 aliphatic rings. The van der Waals surface area contributed by atoms with Crippen molar-refractivity contribution in [1.82, 2.24) is 4.90 Å². The maximum atomic E-state index is 13.4. The SMILES string of the molecule is CC1CCCN(C(=O)C2CC(=O)N(c3ccc(F)c(F)c3)C2)C1. The largest absolute Gasteiger partial charge is 0.342 e. The van der Waals surface area contributed by atoms with E-state index < -0.39 is 17.6 Å². The van der Waals surface area contributed by atoms with Crippen molar-refractivity contribution in [3.8, 4) is 0 Å². The molecular weight excluding hydrogens is 302 g/mol. The van der Waals surface area contributed by atoms with Crippen molar-refractivity contribution in [2.75, 3.05) is 24.5 Å². The maximum absolute atomic E-state index is 13.4. The molecule has 0 radical (unpaired) electrons. The molecule has 0 saturated carbocycles. The Balaban J connectivity index is 1.71. The molecule has 0 spiro atoms. The Labute approximate surface area is 134 Å². The van der Waals surface area contributed by atoms with Crippen molar-refractivity contribution < 1.29 is 18.4 Å². The van der Waals surface area contributed by atoms with E-state index in [2.05, 4.69) is 6.92 Å². The van der Waals surface area contributed by atoms with Crippen LogP contribution in [0.1, 0.15) is 26.2 Å². The predicted molar refractivity (Wildman–Crippen MR) is 81.8 cm³/mol. The Morgan fingerprint density at radius 3 is 2.70 bits per heavy atom. The van der Waals surface area contributed by atoms with Crippen LogP contribution in [0.4, 0.5) is 14.5 Å². The second-order valence-corrected chi connectivity index (χ2v) is 6.54. The third kappa shape index (κ3) is 3.21. The van der Waals surface area contributed by atoms with Crippen molar-refractivity contribution in [2.45, 2.75) is 26.2 Å². The summed E-state index contributed by atoms with van der Waals surface area (Å²) < 4.78 is 26.4. The van der Waals surface area contributed by atoms with Crippen molar-refractivity contribution in [2.24, 2.45) is 11.8 Å². The summed E-state index contributed by atoms with van der Waals surface area (Å²) in [7, 11) is 0. The van der Waals surface area contributed by atoms with Crippen LogP contribution in [0.3, 0.4) is 0 Å². The van der Waals surface area contributed by atoms with Crippen LogP contribution in [-0.2, 0) is 9.59 Å². The van der Waals surface area contributed by atoms with Crippen LogP contribution >= 0.6 is 0 Å². The molecule has 1 aromatic carbocycles. The topological polar surface area (TPSA) is 40.6 Å². The second kappa shape index (κ2) is 6.26. The molecule has 0 aliphatic carbocycles. The standard InChI is InChI=1S/C17H20F2N2O2/c1-11-3-2-6-20(9-11)17(23)12-7-16(22)21(10-12)13-4-5-14(18)15(19)8-13/h4-5,8,11-12H,2-3,6-7,9-10H2,1H3. The van der Waals surface area contributed by atoms with Gasteiger partial charge in [0.05, 0.1) is 5.92 Å². The summed E-state index contributed by atoms with van der Waals surface area (Å²) in [6.07, 6.45) is 2.23. The summed E-state index contributed by atoms with van der Waals surface area (Å²) in [5.74, 6) is -2.09. The van der Waals surface area contributed by atoms with Gasteiger partial charge < -0.3 is 9.80 Å². The summed E-state index contributed by atoms with van der Waals surface area (Å²) in [4.78, 5) is 28.0. The van der Waals surface area contributed by atoms with E-state index in [4.69, 9.17) is 0 Å². The number of likely N-dealkylation sites (tertiary alicyclic amines) is 1. The molecule has 1 aromatic rings. The first kappa shape index (κ1) is 15.9. The summed E-state index contributed by atoms with van der Waals surface area (Å²) in [6, 6.07) is 3.37. The van der Waals surface area contributed by atoms with Gasteiger partial charge in [-0.2, -0.15) is 0 Å². The van der Waals surface area contributed by atoms with Gasteiger partial charge in [-0.05, 0) is 30.9 Å². The van der Waals surface area contributed by atoms with E-state index in [1.165, 1.54) is 11.0 Å². The monoisotopic (exact) mass is 322 g/mol. The third-order valence-electron chi connectivity index (χ3n) is 4.66. The molecule has 2 atom stereocenters. The summed E-state index contributed by atoms with van der Waals surface area (Å²) in [5.41, 5.74) is 0.302. The maximum Gasteiger partial charge on any atom is 0.228 e. The number of piperidine rings is 1. The fourth-order valence-electron chi connectivity index (χ4n) is 3.42. The highest BCUT2D eigenvalue weighted by Crippen LogP contribution is 2.28. The van der Waals surface area contributed by atoms with Gasteiger partial charge in [-0.15, -0.1) is 0 Å². The number of anilines is 1. The number of halogens is 2. The molecule has 124 valence electrons. The first-order valence-electron chi connectivity index (χ1n) is 8.00. The lowest BCUT2D eigenvalue weighted by atomic mass is 9.98. The van der Waals surface area contributed by atoms with Gasteiger partial charge in [0.2, 0.25) is 11.8 Å². The van der Waals surface area contributed by atoms with Crippen LogP contribution < -0.4 is 4.90 Å². The van der Waals surface area contributed by atoms with Crippen LogP contribution in [0.15, 0.2) is 18.2 Å². The minimum Gasteiger partial charge on any atom is -0.342 e.